The average Bonchev–Trinajstić information content (AvgIpc) is 3.26. The molecule has 0 spiro atoms. The molecule has 21 heavy (non-hydrogen) atoms. The van der Waals surface area contributed by atoms with Gasteiger partial charge in [-0.15, -0.1) is 6.42 Å². The van der Waals surface area contributed by atoms with Gasteiger partial charge in [-0.05, 0) is 44.3 Å². The normalized spacial score (nSPS) is 22.1. The summed E-state index contributed by atoms with van der Waals surface area (Å²) in [6.45, 7) is 4.83. The van der Waals surface area contributed by atoms with Crippen molar-refractivity contribution in [2.45, 2.75) is 31.8 Å². The van der Waals surface area contributed by atoms with E-state index in [1.807, 2.05) is 18.2 Å². The topological polar surface area (TPSA) is 24.5 Å². The lowest BCUT2D eigenvalue weighted by Crippen LogP contribution is -2.27. The van der Waals surface area contributed by atoms with Gasteiger partial charge in [0, 0.05) is 24.7 Å². The van der Waals surface area contributed by atoms with Gasteiger partial charge in [-0.2, -0.15) is 0 Å². The molecule has 1 aromatic rings. The van der Waals surface area contributed by atoms with Crippen LogP contribution in [0.25, 0.3) is 0 Å². The Bertz CT molecular complexity index is 504. The third-order valence-corrected chi connectivity index (χ3v) is 4.41. The van der Waals surface area contributed by atoms with E-state index in [0.717, 1.165) is 30.8 Å². The first-order valence-electron chi connectivity index (χ1n) is 7.95. The lowest BCUT2D eigenvalue weighted by Gasteiger charge is -2.16. The zero-order chi connectivity index (χ0) is 14.5. The minimum Gasteiger partial charge on any atom is -0.481 e. The molecular formula is C18H24N2O. The second kappa shape index (κ2) is 6.98. The Morgan fingerprint density at radius 1 is 1.29 bits per heavy atom. The van der Waals surface area contributed by atoms with Crippen molar-refractivity contribution in [1.29, 1.82) is 0 Å². The fraction of sp³-hybridized carbons (Fsp3) is 0.556. The highest BCUT2D eigenvalue weighted by Gasteiger charge is 2.33. The molecule has 3 nitrogen and oxygen atoms in total. The lowest BCUT2D eigenvalue weighted by atomic mass is 10.1. The fourth-order valence-corrected chi connectivity index (χ4v) is 3.12. The Morgan fingerprint density at radius 2 is 2.14 bits per heavy atom. The van der Waals surface area contributed by atoms with E-state index < -0.39 is 0 Å². The summed E-state index contributed by atoms with van der Waals surface area (Å²) in [4.78, 5) is 2.66. The van der Waals surface area contributed by atoms with Crippen molar-refractivity contribution in [2.75, 3.05) is 26.2 Å². The van der Waals surface area contributed by atoms with Gasteiger partial charge in [0.05, 0.1) is 0 Å². The van der Waals surface area contributed by atoms with Crippen molar-refractivity contribution in [3.05, 3.63) is 29.8 Å². The van der Waals surface area contributed by atoms with Crippen LogP contribution in [-0.4, -0.2) is 37.2 Å². The SMILES string of the molecule is C#CCOc1ccccc1CNCC1CCN(C2CC2)C1. The molecule has 0 radical (unpaired) electrons. The van der Waals surface area contributed by atoms with E-state index >= 15 is 0 Å². The van der Waals surface area contributed by atoms with Crippen LogP contribution in [0.4, 0.5) is 0 Å². The molecule has 1 heterocycles. The van der Waals surface area contributed by atoms with E-state index in [1.54, 1.807) is 0 Å². The number of ether oxygens (including phenoxy) is 1. The zero-order valence-corrected chi connectivity index (χ0v) is 12.6. The number of nitrogens with one attached hydrogen (secondary N) is 1. The molecule has 2 fully saturated rings. The number of likely N-dealkylation sites (tertiary alicyclic amines) is 1. The van der Waals surface area contributed by atoms with Crippen LogP contribution in [0.5, 0.6) is 5.75 Å². The second-order valence-corrected chi connectivity index (χ2v) is 6.11. The van der Waals surface area contributed by atoms with E-state index in [-0.39, 0.29) is 0 Å². The predicted octanol–water partition coefficient (Wildman–Crippen LogP) is 2.27. The van der Waals surface area contributed by atoms with Crippen LogP contribution in [-0.2, 0) is 6.54 Å². The van der Waals surface area contributed by atoms with Crippen molar-refractivity contribution < 1.29 is 4.74 Å². The van der Waals surface area contributed by atoms with Gasteiger partial charge in [0.2, 0.25) is 0 Å². The molecule has 1 saturated carbocycles. The van der Waals surface area contributed by atoms with Crippen LogP contribution in [0, 0.1) is 18.3 Å². The van der Waals surface area contributed by atoms with Gasteiger partial charge in [-0.1, -0.05) is 24.1 Å². The van der Waals surface area contributed by atoms with E-state index in [4.69, 9.17) is 11.2 Å². The molecule has 1 aliphatic carbocycles. The van der Waals surface area contributed by atoms with E-state index in [9.17, 15) is 0 Å². The molecule has 1 aliphatic heterocycles. The molecule has 0 aromatic heterocycles. The van der Waals surface area contributed by atoms with Gasteiger partial charge in [-0.25, -0.2) is 0 Å². The minimum absolute atomic E-state index is 0.329. The Balaban J connectivity index is 1.44. The van der Waals surface area contributed by atoms with Crippen LogP contribution < -0.4 is 10.1 Å². The highest BCUT2D eigenvalue weighted by atomic mass is 16.5. The molecule has 3 heteroatoms. The molecule has 0 bridgehead atoms. The number of para-hydroxylation sites is 1. The highest BCUT2D eigenvalue weighted by molar-refractivity contribution is 5.33. The first-order chi connectivity index (χ1) is 10.4. The monoisotopic (exact) mass is 284 g/mol. The molecule has 1 saturated heterocycles. The van der Waals surface area contributed by atoms with Crippen molar-refractivity contribution in [3.8, 4) is 18.1 Å². The first kappa shape index (κ1) is 14.4. The maximum Gasteiger partial charge on any atom is 0.148 e. The third-order valence-electron chi connectivity index (χ3n) is 4.41. The summed E-state index contributed by atoms with van der Waals surface area (Å²) in [6.07, 6.45) is 9.42. The summed E-state index contributed by atoms with van der Waals surface area (Å²) < 4.78 is 5.58. The minimum atomic E-state index is 0.329. The van der Waals surface area contributed by atoms with Crippen LogP contribution in [0.1, 0.15) is 24.8 Å². The van der Waals surface area contributed by atoms with Crippen LogP contribution >= 0.6 is 0 Å². The lowest BCUT2D eigenvalue weighted by molar-refractivity contribution is 0.311. The molecule has 0 amide bonds. The quantitative estimate of drug-likeness (QED) is 0.777. The van der Waals surface area contributed by atoms with Gasteiger partial charge in [0.15, 0.2) is 0 Å². The molecule has 1 unspecified atom stereocenters. The number of benzene rings is 1. The van der Waals surface area contributed by atoms with Crippen LogP contribution in [0.3, 0.4) is 0 Å². The van der Waals surface area contributed by atoms with E-state index in [2.05, 4.69) is 22.2 Å². The Labute approximate surface area is 127 Å². The summed E-state index contributed by atoms with van der Waals surface area (Å²) >= 11 is 0. The molecule has 1 aromatic carbocycles. The van der Waals surface area contributed by atoms with Crippen LogP contribution in [0.15, 0.2) is 24.3 Å². The maximum atomic E-state index is 5.58. The van der Waals surface area contributed by atoms with Gasteiger partial charge in [-0.3, -0.25) is 0 Å². The molecule has 3 rings (SSSR count). The maximum absolute atomic E-state index is 5.58. The van der Waals surface area contributed by atoms with E-state index in [1.165, 1.54) is 37.9 Å². The summed E-state index contributed by atoms with van der Waals surface area (Å²) in [7, 11) is 0. The predicted molar refractivity (Wildman–Crippen MR) is 85.2 cm³/mol. The van der Waals surface area contributed by atoms with Gasteiger partial charge < -0.3 is 15.0 Å². The van der Waals surface area contributed by atoms with Gasteiger partial charge in [0.1, 0.15) is 12.4 Å². The van der Waals surface area contributed by atoms with Crippen LogP contribution in [0.2, 0.25) is 0 Å². The Hall–Kier alpha value is -1.50. The van der Waals surface area contributed by atoms with Gasteiger partial charge in [0.25, 0.3) is 0 Å². The summed E-state index contributed by atoms with van der Waals surface area (Å²) in [5.74, 6) is 4.21. The standard InChI is InChI=1S/C18H24N2O/c1-2-11-21-18-6-4-3-5-16(18)13-19-12-15-9-10-20(14-15)17-7-8-17/h1,3-6,15,17,19H,7-14H2. The molecule has 1 N–H and O–H groups in total. The van der Waals surface area contributed by atoms with Crippen molar-refractivity contribution in [2.24, 2.45) is 5.92 Å². The van der Waals surface area contributed by atoms with Crippen molar-refractivity contribution >= 4 is 0 Å². The number of nitrogens with zero attached hydrogens (tertiary/aromatic N) is 1. The summed E-state index contributed by atoms with van der Waals surface area (Å²) in [6, 6.07) is 9.03. The molecular weight excluding hydrogens is 260 g/mol. The summed E-state index contributed by atoms with van der Waals surface area (Å²) in [5, 5.41) is 3.58. The largest absolute Gasteiger partial charge is 0.481 e. The molecule has 112 valence electrons. The average molecular weight is 284 g/mol. The number of hydrogen-bond acceptors (Lipinski definition) is 3. The fourth-order valence-electron chi connectivity index (χ4n) is 3.12. The zero-order valence-electron chi connectivity index (χ0n) is 12.6. The molecule has 2 aliphatic rings. The van der Waals surface area contributed by atoms with Gasteiger partial charge >= 0.3 is 0 Å². The van der Waals surface area contributed by atoms with Crippen molar-refractivity contribution in [1.82, 2.24) is 10.2 Å². The summed E-state index contributed by atoms with van der Waals surface area (Å²) in [5.41, 5.74) is 1.18. The number of hydrogen-bond donors (Lipinski definition) is 1. The van der Waals surface area contributed by atoms with Crippen molar-refractivity contribution in [3.63, 3.8) is 0 Å². The highest BCUT2D eigenvalue weighted by Crippen LogP contribution is 2.31. The van der Waals surface area contributed by atoms with E-state index in [0.29, 0.717) is 6.61 Å². The Kier molecular flexibility index (Phi) is 4.80. The smallest absolute Gasteiger partial charge is 0.148 e. The molecule has 1 atom stereocenters. The number of rotatable bonds is 7. The third kappa shape index (κ3) is 4.00. The number of terminal acetylenes is 1. The first-order valence-corrected chi connectivity index (χ1v) is 7.95. The second-order valence-electron chi connectivity index (χ2n) is 6.11. The Morgan fingerprint density at radius 3 is 2.95 bits per heavy atom.